The third-order valence-corrected chi connectivity index (χ3v) is 3.47. The van der Waals surface area contributed by atoms with E-state index in [1.807, 2.05) is 12.1 Å². The summed E-state index contributed by atoms with van der Waals surface area (Å²) < 4.78 is 18.8. The molecule has 0 unspecified atom stereocenters. The van der Waals surface area contributed by atoms with Crippen molar-refractivity contribution in [1.29, 1.82) is 0 Å². The van der Waals surface area contributed by atoms with E-state index >= 15 is 0 Å². The van der Waals surface area contributed by atoms with Crippen molar-refractivity contribution >= 4 is 24.0 Å². The Bertz CT molecular complexity index is 575. The maximum Gasteiger partial charge on any atom is 0.141 e. The summed E-state index contributed by atoms with van der Waals surface area (Å²) in [5.74, 6) is 1.07. The minimum Gasteiger partial charge on any atom is -0.460 e. The number of benzene rings is 1. The lowest BCUT2D eigenvalue weighted by Crippen LogP contribution is -2.14. The average Bonchev–Trinajstić information content (AvgIpc) is 2.94. The van der Waals surface area contributed by atoms with Gasteiger partial charge in [0.1, 0.15) is 17.3 Å². The Morgan fingerprint density at radius 1 is 1.14 bits per heavy atom. The summed E-state index contributed by atoms with van der Waals surface area (Å²) in [6.45, 7) is 1.79. The first-order valence-electron chi connectivity index (χ1n) is 7.06. The molecule has 0 fully saturated rings. The second-order valence-electron chi connectivity index (χ2n) is 4.86. The molecule has 0 aliphatic carbocycles. The van der Waals surface area contributed by atoms with Crippen molar-refractivity contribution in [2.24, 2.45) is 0 Å². The zero-order valence-electron chi connectivity index (χ0n) is 12.1. The number of aliphatic hydroxyl groups excluding tert-OH is 1. The summed E-state index contributed by atoms with van der Waals surface area (Å²) in [6.07, 6.45) is 2.89. The summed E-state index contributed by atoms with van der Waals surface area (Å²) in [7, 11) is 0. The molecule has 0 bridgehead atoms. The number of rotatable bonds is 8. The van der Waals surface area contributed by atoms with E-state index in [0.29, 0.717) is 12.3 Å². The van der Waals surface area contributed by atoms with Gasteiger partial charge in [-0.05, 0) is 56.1 Å². The molecule has 0 spiro atoms. The van der Waals surface area contributed by atoms with Crippen LogP contribution in [-0.4, -0.2) is 18.3 Å². The SMILES string of the molecule is Cl.OCCCCCNCc1ccc(-c2ccc(F)c(Cl)c2)o1. The Hall–Kier alpha value is -1.07. The molecule has 122 valence electrons. The van der Waals surface area contributed by atoms with Gasteiger partial charge >= 0.3 is 0 Å². The number of hydrogen-bond donors (Lipinski definition) is 2. The van der Waals surface area contributed by atoms with E-state index < -0.39 is 5.82 Å². The lowest BCUT2D eigenvalue weighted by Gasteiger charge is -2.02. The van der Waals surface area contributed by atoms with Gasteiger partial charge in [0.25, 0.3) is 0 Å². The summed E-state index contributed by atoms with van der Waals surface area (Å²) in [6, 6.07) is 8.28. The molecule has 1 aromatic carbocycles. The highest BCUT2D eigenvalue weighted by Crippen LogP contribution is 2.26. The zero-order chi connectivity index (χ0) is 15.1. The van der Waals surface area contributed by atoms with E-state index in [1.54, 1.807) is 12.1 Å². The standard InChI is InChI=1S/C16H19ClFNO2.ClH/c17-14-10-12(4-6-15(14)18)16-7-5-13(21-16)11-19-8-2-1-3-9-20;/h4-7,10,19-20H,1-3,8-9,11H2;1H. The number of aliphatic hydroxyl groups is 1. The second kappa shape index (κ2) is 9.85. The number of nitrogens with one attached hydrogen (secondary N) is 1. The van der Waals surface area contributed by atoms with E-state index in [9.17, 15) is 4.39 Å². The molecule has 2 rings (SSSR count). The molecule has 0 atom stereocenters. The van der Waals surface area contributed by atoms with Crippen LogP contribution in [0.4, 0.5) is 4.39 Å². The molecule has 2 N–H and O–H groups in total. The number of hydrogen-bond acceptors (Lipinski definition) is 3. The Morgan fingerprint density at radius 2 is 1.95 bits per heavy atom. The second-order valence-corrected chi connectivity index (χ2v) is 5.26. The van der Waals surface area contributed by atoms with Gasteiger partial charge in [-0.3, -0.25) is 0 Å². The van der Waals surface area contributed by atoms with Crippen LogP contribution in [0.15, 0.2) is 34.7 Å². The Labute approximate surface area is 140 Å². The molecule has 0 radical (unpaired) electrons. The van der Waals surface area contributed by atoms with E-state index in [-0.39, 0.29) is 24.0 Å². The van der Waals surface area contributed by atoms with Gasteiger partial charge in [0.15, 0.2) is 0 Å². The van der Waals surface area contributed by atoms with E-state index in [1.165, 1.54) is 6.07 Å². The van der Waals surface area contributed by atoms with Crippen LogP contribution in [0.5, 0.6) is 0 Å². The average molecular weight is 348 g/mol. The predicted molar refractivity (Wildman–Crippen MR) is 89.0 cm³/mol. The summed E-state index contributed by atoms with van der Waals surface area (Å²) in [5, 5.41) is 12.1. The minimum atomic E-state index is -0.434. The smallest absolute Gasteiger partial charge is 0.141 e. The summed E-state index contributed by atoms with van der Waals surface area (Å²) in [5.41, 5.74) is 0.760. The maximum absolute atomic E-state index is 13.1. The van der Waals surface area contributed by atoms with Gasteiger partial charge in [-0.1, -0.05) is 11.6 Å². The molecule has 3 nitrogen and oxygen atoms in total. The van der Waals surface area contributed by atoms with Crippen molar-refractivity contribution in [3.05, 3.63) is 46.9 Å². The van der Waals surface area contributed by atoms with Gasteiger partial charge in [-0.2, -0.15) is 0 Å². The first-order valence-corrected chi connectivity index (χ1v) is 7.44. The highest BCUT2D eigenvalue weighted by molar-refractivity contribution is 6.31. The molecule has 0 saturated heterocycles. The molecule has 0 saturated carbocycles. The van der Waals surface area contributed by atoms with Crippen molar-refractivity contribution in [2.75, 3.05) is 13.2 Å². The molecule has 0 aliphatic rings. The number of halogens is 3. The van der Waals surface area contributed by atoms with Gasteiger partial charge in [0, 0.05) is 12.2 Å². The third kappa shape index (κ3) is 5.61. The highest BCUT2D eigenvalue weighted by atomic mass is 35.5. The van der Waals surface area contributed by atoms with Crippen LogP contribution in [0.3, 0.4) is 0 Å². The van der Waals surface area contributed by atoms with Gasteiger partial charge in [0.05, 0.1) is 11.6 Å². The van der Waals surface area contributed by atoms with E-state index in [4.69, 9.17) is 21.1 Å². The molecular formula is C16H20Cl2FNO2. The van der Waals surface area contributed by atoms with E-state index in [2.05, 4.69) is 5.32 Å². The van der Waals surface area contributed by atoms with Crippen molar-refractivity contribution in [1.82, 2.24) is 5.32 Å². The first kappa shape index (κ1) is 19.0. The topological polar surface area (TPSA) is 45.4 Å². The molecule has 2 aromatic rings. The molecule has 1 heterocycles. The number of unbranched alkanes of at least 4 members (excludes halogenated alkanes) is 2. The Balaban J connectivity index is 0.00000242. The molecule has 0 amide bonds. The van der Waals surface area contributed by atoms with Crippen LogP contribution in [0, 0.1) is 5.82 Å². The van der Waals surface area contributed by atoms with E-state index in [0.717, 1.165) is 37.1 Å². The predicted octanol–water partition coefficient (Wildman–Crippen LogP) is 4.41. The van der Waals surface area contributed by atoms with Crippen LogP contribution in [0.1, 0.15) is 25.0 Å². The maximum atomic E-state index is 13.1. The fraction of sp³-hybridized carbons (Fsp3) is 0.375. The minimum absolute atomic E-state index is 0. The molecular weight excluding hydrogens is 328 g/mol. The van der Waals surface area contributed by atoms with Crippen molar-refractivity contribution in [3.8, 4) is 11.3 Å². The molecule has 1 aromatic heterocycles. The fourth-order valence-electron chi connectivity index (χ4n) is 2.03. The summed E-state index contributed by atoms with van der Waals surface area (Å²) in [4.78, 5) is 0. The normalized spacial score (nSPS) is 10.5. The third-order valence-electron chi connectivity index (χ3n) is 3.18. The van der Waals surface area contributed by atoms with Crippen LogP contribution < -0.4 is 5.32 Å². The van der Waals surface area contributed by atoms with Crippen LogP contribution in [0.25, 0.3) is 11.3 Å². The van der Waals surface area contributed by atoms with Gasteiger partial charge in [-0.25, -0.2) is 4.39 Å². The summed E-state index contributed by atoms with van der Waals surface area (Å²) >= 11 is 5.77. The largest absolute Gasteiger partial charge is 0.460 e. The number of furan rings is 1. The lowest BCUT2D eigenvalue weighted by molar-refractivity contribution is 0.282. The molecule has 22 heavy (non-hydrogen) atoms. The van der Waals surface area contributed by atoms with Crippen LogP contribution in [0.2, 0.25) is 5.02 Å². The van der Waals surface area contributed by atoms with Gasteiger partial charge < -0.3 is 14.8 Å². The quantitative estimate of drug-likeness (QED) is 0.695. The Morgan fingerprint density at radius 3 is 2.68 bits per heavy atom. The highest BCUT2D eigenvalue weighted by Gasteiger charge is 2.07. The molecule has 6 heteroatoms. The van der Waals surface area contributed by atoms with Crippen LogP contribution >= 0.6 is 24.0 Å². The fourth-order valence-corrected chi connectivity index (χ4v) is 2.21. The Kier molecular flexibility index (Phi) is 8.49. The van der Waals surface area contributed by atoms with Gasteiger partial charge in [-0.15, -0.1) is 12.4 Å². The van der Waals surface area contributed by atoms with Crippen molar-refractivity contribution < 1.29 is 13.9 Å². The monoisotopic (exact) mass is 347 g/mol. The van der Waals surface area contributed by atoms with Crippen LogP contribution in [-0.2, 0) is 6.54 Å². The molecule has 0 aliphatic heterocycles. The first-order chi connectivity index (χ1) is 10.2. The lowest BCUT2D eigenvalue weighted by atomic mass is 10.2. The zero-order valence-corrected chi connectivity index (χ0v) is 13.7. The van der Waals surface area contributed by atoms with Gasteiger partial charge in [0.2, 0.25) is 0 Å². The van der Waals surface area contributed by atoms with Crippen molar-refractivity contribution in [2.45, 2.75) is 25.8 Å². The van der Waals surface area contributed by atoms with Crippen molar-refractivity contribution in [3.63, 3.8) is 0 Å².